The Labute approximate surface area is 111 Å². The highest BCUT2D eigenvalue weighted by molar-refractivity contribution is 6.48. The van der Waals surface area contributed by atoms with Crippen molar-refractivity contribution in [3.8, 4) is 5.75 Å². The van der Waals surface area contributed by atoms with Crippen molar-refractivity contribution in [2.45, 2.75) is 45.6 Å². The van der Waals surface area contributed by atoms with Crippen LogP contribution in [0.15, 0.2) is 18.2 Å². The zero-order chi connectivity index (χ0) is 13.9. The largest absolute Gasteiger partial charge is 0.496 e. The predicted octanol–water partition coefficient (Wildman–Crippen LogP) is 2.98. The number of aliphatic hydroxyl groups is 1. The molecule has 0 radical (unpaired) electrons. The highest BCUT2D eigenvalue weighted by atomic mass is 28.3. The summed E-state index contributed by atoms with van der Waals surface area (Å²) in [5.74, 6) is 0.799. The Morgan fingerprint density at radius 1 is 1.22 bits per heavy atom. The minimum absolute atomic E-state index is 0.0164. The summed E-state index contributed by atoms with van der Waals surface area (Å²) < 4.78 is 10.9. The van der Waals surface area contributed by atoms with Gasteiger partial charge >= 0.3 is 0 Å². The van der Waals surface area contributed by atoms with E-state index in [1.807, 2.05) is 31.3 Å². The lowest BCUT2D eigenvalue weighted by Crippen LogP contribution is -2.16. The molecule has 102 valence electrons. The zero-order valence-electron chi connectivity index (χ0n) is 12.2. The van der Waals surface area contributed by atoms with Crippen molar-refractivity contribution in [3.05, 3.63) is 29.3 Å². The number of hydrogen-bond acceptors (Lipinski definition) is 3. The summed E-state index contributed by atoms with van der Waals surface area (Å²) in [6.45, 7) is 10.5. The smallest absolute Gasteiger partial charge is 0.174 e. The molecule has 0 spiro atoms. The van der Waals surface area contributed by atoms with Crippen LogP contribution in [0.5, 0.6) is 5.75 Å². The first-order chi connectivity index (χ1) is 8.25. The number of benzene rings is 1. The van der Waals surface area contributed by atoms with E-state index in [0.717, 1.165) is 16.9 Å². The number of hydrogen-bond donors (Lipinski definition) is 1. The quantitative estimate of drug-likeness (QED) is 0.674. The molecule has 0 fully saturated rings. The molecule has 1 atom stereocenters. The first-order valence-corrected chi connectivity index (χ1v) is 9.05. The van der Waals surface area contributed by atoms with Gasteiger partial charge in [-0.15, -0.1) is 0 Å². The Morgan fingerprint density at radius 2 is 1.83 bits per heavy atom. The lowest BCUT2D eigenvalue weighted by molar-refractivity contribution is -0.0213. The standard InChI is InChI=1S/C14H24O3Si/c1-14(2,3)11-8-7-10(9-12(11)16-4)13(15)17-18(5)6/h7-9,13,15,18H,1-6H3. The van der Waals surface area contributed by atoms with Gasteiger partial charge in [0.05, 0.1) is 7.11 Å². The van der Waals surface area contributed by atoms with Crippen LogP contribution in [0.25, 0.3) is 0 Å². The second kappa shape index (κ2) is 5.86. The Hall–Kier alpha value is -0.843. The summed E-state index contributed by atoms with van der Waals surface area (Å²) in [6, 6.07) is 5.77. The maximum atomic E-state index is 9.96. The van der Waals surface area contributed by atoms with E-state index in [4.69, 9.17) is 9.16 Å². The SMILES string of the molecule is COc1cc(C(O)O[SiH](C)C)ccc1C(C)(C)C. The van der Waals surface area contributed by atoms with Crippen molar-refractivity contribution in [1.29, 1.82) is 0 Å². The van der Waals surface area contributed by atoms with Crippen LogP contribution in [0.3, 0.4) is 0 Å². The summed E-state index contributed by atoms with van der Waals surface area (Å²) >= 11 is 0. The first-order valence-electron chi connectivity index (χ1n) is 6.27. The van der Waals surface area contributed by atoms with Crippen LogP contribution in [0.4, 0.5) is 0 Å². The van der Waals surface area contributed by atoms with E-state index in [2.05, 4.69) is 20.8 Å². The molecule has 1 unspecified atom stereocenters. The van der Waals surface area contributed by atoms with E-state index in [1.54, 1.807) is 7.11 Å². The molecule has 0 aliphatic heterocycles. The van der Waals surface area contributed by atoms with Crippen LogP contribution in [-0.4, -0.2) is 21.3 Å². The van der Waals surface area contributed by atoms with Gasteiger partial charge in [0, 0.05) is 5.56 Å². The van der Waals surface area contributed by atoms with Crippen molar-refractivity contribution >= 4 is 9.04 Å². The summed E-state index contributed by atoms with van der Waals surface area (Å²) in [4.78, 5) is 0. The maximum absolute atomic E-state index is 9.96. The summed E-state index contributed by atoms with van der Waals surface area (Å²) in [5.41, 5.74) is 1.89. The molecule has 0 aromatic heterocycles. The molecule has 1 N–H and O–H groups in total. The molecule has 1 rings (SSSR count). The summed E-state index contributed by atoms with van der Waals surface area (Å²) in [7, 11) is 0.392. The Kier molecular flexibility index (Phi) is 4.96. The number of aliphatic hydroxyl groups excluding tert-OH is 1. The third kappa shape index (κ3) is 3.83. The molecule has 1 aromatic carbocycles. The fourth-order valence-electron chi connectivity index (χ4n) is 1.82. The number of rotatable bonds is 4. The molecule has 0 saturated carbocycles. The molecule has 0 aliphatic rings. The van der Waals surface area contributed by atoms with Crippen LogP contribution < -0.4 is 4.74 Å². The first kappa shape index (κ1) is 15.2. The lowest BCUT2D eigenvalue weighted by atomic mass is 9.86. The van der Waals surface area contributed by atoms with E-state index in [1.165, 1.54) is 0 Å². The summed E-state index contributed by atoms with van der Waals surface area (Å²) in [5, 5.41) is 9.96. The molecular formula is C14H24O3Si. The highest BCUT2D eigenvalue weighted by Crippen LogP contribution is 2.33. The van der Waals surface area contributed by atoms with E-state index in [9.17, 15) is 5.11 Å². The minimum atomic E-state index is -1.26. The molecule has 0 saturated heterocycles. The monoisotopic (exact) mass is 268 g/mol. The van der Waals surface area contributed by atoms with Crippen molar-refractivity contribution in [3.63, 3.8) is 0 Å². The molecule has 4 heteroatoms. The zero-order valence-corrected chi connectivity index (χ0v) is 13.3. The molecule has 0 heterocycles. The molecule has 1 aromatic rings. The Morgan fingerprint density at radius 3 is 2.28 bits per heavy atom. The van der Waals surface area contributed by atoms with Crippen molar-refractivity contribution in [2.24, 2.45) is 0 Å². The fourth-order valence-corrected chi connectivity index (χ4v) is 2.49. The van der Waals surface area contributed by atoms with Gasteiger partial charge in [0.15, 0.2) is 15.3 Å². The fraction of sp³-hybridized carbons (Fsp3) is 0.571. The van der Waals surface area contributed by atoms with Gasteiger partial charge in [0.25, 0.3) is 0 Å². The molecule has 0 amide bonds. The van der Waals surface area contributed by atoms with Gasteiger partial charge in [-0.05, 0) is 30.1 Å². The lowest BCUT2D eigenvalue weighted by Gasteiger charge is -2.23. The maximum Gasteiger partial charge on any atom is 0.174 e. The van der Waals surface area contributed by atoms with Crippen LogP contribution in [0, 0.1) is 0 Å². The van der Waals surface area contributed by atoms with Crippen LogP contribution >= 0.6 is 0 Å². The molecule has 3 nitrogen and oxygen atoms in total. The Balaban J connectivity index is 3.06. The average Bonchev–Trinajstić information content (AvgIpc) is 2.26. The normalized spacial score (nSPS) is 13.8. The molecular weight excluding hydrogens is 244 g/mol. The average molecular weight is 268 g/mol. The third-order valence-corrected chi connectivity index (χ3v) is 3.52. The second-order valence-corrected chi connectivity index (χ2v) is 8.12. The molecule has 0 bridgehead atoms. The topological polar surface area (TPSA) is 38.7 Å². The van der Waals surface area contributed by atoms with Gasteiger partial charge in [-0.2, -0.15) is 0 Å². The molecule has 0 aliphatic carbocycles. The van der Waals surface area contributed by atoms with E-state index < -0.39 is 15.3 Å². The van der Waals surface area contributed by atoms with Gasteiger partial charge < -0.3 is 14.3 Å². The van der Waals surface area contributed by atoms with Gasteiger partial charge in [0.1, 0.15) is 5.75 Å². The number of methoxy groups -OCH3 is 1. The van der Waals surface area contributed by atoms with Crippen LogP contribution in [0.2, 0.25) is 13.1 Å². The molecule has 18 heavy (non-hydrogen) atoms. The van der Waals surface area contributed by atoms with Crippen molar-refractivity contribution in [1.82, 2.24) is 0 Å². The van der Waals surface area contributed by atoms with Crippen LogP contribution in [-0.2, 0) is 9.84 Å². The Bertz CT molecular complexity index is 397. The van der Waals surface area contributed by atoms with E-state index in [-0.39, 0.29) is 5.41 Å². The van der Waals surface area contributed by atoms with Gasteiger partial charge in [-0.25, -0.2) is 0 Å². The van der Waals surface area contributed by atoms with Gasteiger partial charge in [-0.3, -0.25) is 0 Å². The van der Waals surface area contributed by atoms with Crippen LogP contribution in [0.1, 0.15) is 38.2 Å². The van der Waals surface area contributed by atoms with E-state index >= 15 is 0 Å². The van der Waals surface area contributed by atoms with Gasteiger partial charge in [0.2, 0.25) is 0 Å². The highest BCUT2D eigenvalue weighted by Gasteiger charge is 2.20. The predicted molar refractivity (Wildman–Crippen MR) is 76.6 cm³/mol. The minimum Gasteiger partial charge on any atom is -0.496 e. The second-order valence-electron chi connectivity index (χ2n) is 5.75. The van der Waals surface area contributed by atoms with Crippen molar-refractivity contribution < 1.29 is 14.3 Å². The summed E-state index contributed by atoms with van der Waals surface area (Å²) in [6.07, 6.45) is -0.848. The third-order valence-electron chi connectivity index (χ3n) is 2.72. The number of ether oxygens (including phenoxy) is 1. The van der Waals surface area contributed by atoms with E-state index in [0.29, 0.717) is 0 Å². The van der Waals surface area contributed by atoms with Crippen molar-refractivity contribution in [2.75, 3.05) is 7.11 Å². The van der Waals surface area contributed by atoms with Gasteiger partial charge in [-0.1, -0.05) is 32.9 Å².